The minimum Gasteiger partial charge on any atom is -0.479 e. The maximum atomic E-state index is 11.5. The average Bonchev–Trinajstić information content (AvgIpc) is 2.84. The molecule has 1 fully saturated rings. The van der Waals surface area contributed by atoms with E-state index < -0.39 is 6.10 Å². The van der Waals surface area contributed by atoms with Crippen LogP contribution in [0.1, 0.15) is 13.3 Å². The molecule has 2 heterocycles. The predicted molar refractivity (Wildman–Crippen MR) is 68.0 cm³/mol. The molecular formula is C13H16N2O3. The third-order valence-corrected chi connectivity index (χ3v) is 3.21. The van der Waals surface area contributed by atoms with Gasteiger partial charge in [0.05, 0.1) is 18.3 Å². The van der Waals surface area contributed by atoms with E-state index >= 15 is 0 Å². The van der Waals surface area contributed by atoms with E-state index in [4.69, 9.17) is 9.47 Å². The molecule has 0 aliphatic carbocycles. The molecule has 1 amide bonds. The number of anilines is 2. The van der Waals surface area contributed by atoms with E-state index in [-0.39, 0.29) is 5.91 Å². The number of benzene rings is 1. The highest BCUT2D eigenvalue weighted by molar-refractivity contribution is 5.98. The summed E-state index contributed by atoms with van der Waals surface area (Å²) >= 11 is 0. The van der Waals surface area contributed by atoms with E-state index in [9.17, 15) is 4.79 Å². The number of hydrogen-bond donors (Lipinski definition) is 2. The first-order chi connectivity index (χ1) is 8.72. The lowest BCUT2D eigenvalue weighted by atomic mass is 10.2. The van der Waals surface area contributed by atoms with Crippen molar-refractivity contribution >= 4 is 17.3 Å². The van der Waals surface area contributed by atoms with Crippen molar-refractivity contribution in [2.75, 3.05) is 23.8 Å². The Kier molecular flexibility index (Phi) is 2.83. The van der Waals surface area contributed by atoms with E-state index in [1.54, 1.807) is 6.92 Å². The molecule has 2 N–H and O–H groups in total. The third-order valence-electron chi connectivity index (χ3n) is 3.21. The molecule has 96 valence electrons. The predicted octanol–water partition coefficient (Wildman–Crippen LogP) is 1.61. The van der Waals surface area contributed by atoms with Gasteiger partial charge in [-0.25, -0.2) is 0 Å². The standard InChI is InChI=1S/C13H16N2O3/c1-8-13(16)15-11-6-9(2-3-12(11)18-8)14-10-4-5-17-7-10/h2-3,6,8,10,14H,4-5,7H2,1H3,(H,15,16). The van der Waals surface area contributed by atoms with Crippen LogP contribution in [0, 0.1) is 0 Å². The highest BCUT2D eigenvalue weighted by Gasteiger charge is 2.24. The number of fused-ring (bicyclic) bond motifs is 1. The molecule has 1 aromatic rings. The van der Waals surface area contributed by atoms with Gasteiger partial charge in [0.15, 0.2) is 6.10 Å². The van der Waals surface area contributed by atoms with Crippen LogP contribution in [-0.4, -0.2) is 31.3 Å². The second-order valence-electron chi connectivity index (χ2n) is 4.67. The highest BCUT2D eigenvalue weighted by atomic mass is 16.5. The summed E-state index contributed by atoms with van der Waals surface area (Å²) in [7, 11) is 0. The second kappa shape index (κ2) is 4.49. The maximum absolute atomic E-state index is 11.5. The zero-order valence-corrected chi connectivity index (χ0v) is 10.2. The lowest BCUT2D eigenvalue weighted by molar-refractivity contribution is -0.122. The van der Waals surface area contributed by atoms with E-state index in [1.165, 1.54) is 0 Å². The minimum absolute atomic E-state index is 0.108. The van der Waals surface area contributed by atoms with Crippen molar-refractivity contribution in [1.82, 2.24) is 0 Å². The van der Waals surface area contributed by atoms with Gasteiger partial charge in [-0.05, 0) is 31.5 Å². The number of carbonyl (C=O) groups excluding carboxylic acids is 1. The molecule has 2 aliphatic rings. The van der Waals surface area contributed by atoms with Crippen molar-refractivity contribution in [2.45, 2.75) is 25.5 Å². The smallest absolute Gasteiger partial charge is 0.265 e. The van der Waals surface area contributed by atoms with E-state index in [1.807, 2.05) is 18.2 Å². The van der Waals surface area contributed by atoms with Crippen LogP contribution in [0.2, 0.25) is 0 Å². The van der Waals surface area contributed by atoms with Gasteiger partial charge in [-0.15, -0.1) is 0 Å². The molecule has 2 atom stereocenters. The number of carbonyl (C=O) groups is 1. The molecule has 0 aromatic heterocycles. The number of rotatable bonds is 2. The average molecular weight is 248 g/mol. The van der Waals surface area contributed by atoms with Gasteiger partial charge in [-0.3, -0.25) is 4.79 Å². The molecule has 0 radical (unpaired) electrons. The summed E-state index contributed by atoms with van der Waals surface area (Å²) in [5.74, 6) is 0.610. The Morgan fingerprint density at radius 3 is 3.11 bits per heavy atom. The summed E-state index contributed by atoms with van der Waals surface area (Å²) in [6, 6.07) is 6.09. The van der Waals surface area contributed by atoms with E-state index in [0.29, 0.717) is 6.04 Å². The Bertz CT molecular complexity index is 469. The largest absolute Gasteiger partial charge is 0.479 e. The summed E-state index contributed by atoms with van der Waals surface area (Å²) in [4.78, 5) is 11.5. The topological polar surface area (TPSA) is 59.6 Å². The van der Waals surface area contributed by atoms with Crippen molar-refractivity contribution in [3.05, 3.63) is 18.2 Å². The minimum atomic E-state index is -0.431. The first-order valence-electron chi connectivity index (χ1n) is 6.18. The van der Waals surface area contributed by atoms with Crippen LogP contribution in [0.3, 0.4) is 0 Å². The van der Waals surface area contributed by atoms with Gasteiger partial charge in [-0.1, -0.05) is 0 Å². The van der Waals surface area contributed by atoms with Gasteiger partial charge in [0.2, 0.25) is 0 Å². The molecule has 0 saturated carbocycles. The molecule has 3 rings (SSSR count). The Morgan fingerprint density at radius 1 is 1.44 bits per heavy atom. The second-order valence-corrected chi connectivity index (χ2v) is 4.67. The Hall–Kier alpha value is -1.75. The van der Waals surface area contributed by atoms with Crippen LogP contribution in [0.4, 0.5) is 11.4 Å². The molecule has 1 aromatic carbocycles. The van der Waals surface area contributed by atoms with Crippen LogP contribution in [-0.2, 0) is 9.53 Å². The molecular weight excluding hydrogens is 232 g/mol. The normalized spacial score (nSPS) is 26.2. The van der Waals surface area contributed by atoms with Crippen LogP contribution >= 0.6 is 0 Å². The fourth-order valence-electron chi connectivity index (χ4n) is 2.18. The van der Waals surface area contributed by atoms with Gasteiger partial charge in [0.1, 0.15) is 5.75 Å². The number of ether oxygens (including phenoxy) is 2. The van der Waals surface area contributed by atoms with Gasteiger partial charge in [-0.2, -0.15) is 0 Å². The molecule has 5 nitrogen and oxygen atoms in total. The van der Waals surface area contributed by atoms with Crippen LogP contribution in [0.25, 0.3) is 0 Å². The summed E-state index contributed by atoms with van der Waals surface area (Å²) < 4.78 is 10.8. The number of nitrogens with one attached hydrogen (secondary N) is 2. The zero-order valence-electron chi connectivity index (χ0n) is 10.2. The maximum Gasteiger partial charge on any atom is 0.265 e. The molecule has 2 unspecified atom stereocenters. The first-order valence-corrected chi connectivity index (χ1v) is 6.18. The van der Waals surface area contributed by atoms with Gasteiger partial charge < -0.3 is 20.1 Å². The van der Waals surface area contributed by atoms with Crippen molar-refractivity contribution in [3.8, 4) is 5.75 Å². The van der Waals surface area contributed by atoms with Gasteiger partial charge >= 0.3 is 0 Å². The van der Waals surface area contributed by atoms with Crippen LogP contribution < -0.4 is 15.4 Å². The van der Waals surface area contributed by atoms with Gasteiger partial charge in [0, 0.05) is 12.3 Å². The highest BCUT2D eigenvalue weighted by Crippen LogP contribution is 2.32. The van der Waals surface area contributed by atoms with E-state index in [0.717, 1.165) is 36.8 Å². The fourth-order valence-corrected chi connectivity index (χ4v) is 2.18. The summed E-state index contributed by atoms with van der Waals surface area (Å²) in [5, 5.41) is 6.22. The Labute approximate surface area is 105 Å². The number of amides is 1. The summed E-state index contributed by atoms with van der Waals surface area (Å²) in [6.07, 6.45) is 0.580. The Balaban J connectivity index is 1.78. The summed E-state index contributed by atoms with van der Waals surface area (Å²) in [6.45, 7) is 3.28. The quantitative estimate of drug-likeness (QED) is 0.834. The lowest BCUT2D eigenvalue weighted by Gasteiger charge is -2.24. The fraction of sp³-hybridized carbons (Fsp3) is 0.462. The lowest BCUT2D eigenvalue weighted by Crippen LogP contribution is -2.34. The molecule has 2 aliphatic heterocycles. The zero-order chi connectivity index (χ0) is 12.5. The van der Waals surface area contributed by atoms with Gasteiger partial charge in [0.25, 0.3) is 5.91 Å². The van der Waals surface area contributed by atoms with Crippen LogP contribution in [0.5, 0.6) is 5.75 Å². The first kappa shape index (κ1) is 11.3. The van der Waals surface area contributed by atoms with Crippen molar-refractivity contribution in [1.29, 1.82) is 0 Å². The molecule has 0 bridgehead atoms. The summed E-state index contributed by atoms with van der Waals surface area (Å²) in [5.41, 5.74) is 1.70. The van der Waals surface area contributed by atoms with E-state index in [2.05, 4.69) is 10.6 Å². The molecule has 0 spiro atoms. The molecule has 1 saturated heterocycles. The van der Waals surface area contributed by atoms with Crippen molar-refractivity contribution in [3.63, 3.8) is 0 Å². The number of hydrogen-bond acceptors (Lipinski definition) is 4. The monoisotopic (exact) mass is 248 g/mol. The molecule has 5 heteroatoms. The Morgan fingerprint density at radius 2 is 2.33 bits per heavy atom. The van der Waals surface area contributed by atoms with Crippen molar-refractivity contribution in [2.24, 2.45) is 0 Å². The van der Waals surface area contributed by atoms with Crippen molar-refractivity contribution < 1.29 is 14.3 Å². The molecule has 18 heavy (non-hydrogen) atoms. The third kappa shape index (κ3) is 2.13. The van der Waals surface area contributed by atoms with Crippen LogP contribution in [0.15, 0.2) is 18.2 Å². The SMILES string of the molecule is CC1Oc2ccc(NC3CCOC3)cc2NC1=O.